The van der Waals surface area contributed by atoms with E-state index in [0.29, 0.717) is 13.1 Å². The fraction of sp³-hybridized carbons (Fsp3) is 0.571. The molecule has 19 heavy (non-hydrogen) atoms. The molecule has 2 rings (SSSR count). The second-order valence-corrected chi connectivity index (χ2v) is 7.56. The molecule has 3 atom stereocenters. The van der Waals surface area contributed by atoms with E-state index in [0.717, 1.165) is 5.56 Å². The maximum absolute atomic E-state index is 12.4. The van der Waals surface area contributed by atoms with Crippen molar-refractivity contribution in [2.75, 3.05) is 18.8 Å². The highest BCUT2D eigenvalue weighted by atomic mass is 32.2. The number of benzene rings is 1. The van der Waals surface area contributed by atoms with Crippen molar-refractivity contribution < 1.29 is 8.42 Å². The van der Waals surface area contributed by atoms with Crippen LogP contribution in [0.15, 0.2) is 30.3 Å². The Balaban J connectivity index is 2.06. The minimum Gasteiger partial charge on any atom is -0.326 e. The van der Waals surface area contributed by atoms with E-state index >= 15 is 0 Å². The molecule has 0 spiro atoms. The lowest BCUT2D eigenvalue weighted by Gasteiger charge is -2.19. The van der Waals surface area contributed by atoms with Crippen molar-refractivity contribution in [3.05, 3.63) is 35.9 Å². The molecule has 0 amide bonds. The van der Waals surface area contributed by atoms with Gasteiger partial charge in [-0.2, -0.15) is 0 Å². The van der Waals surface area contributed by atoms with E-state index in [2.05, 4.69) is 0 Å². The molecule has 0 aromatic heterocycles. The third kappa shape index (κ3) is 3.35. The maximum atomic E-state index is 12.4. The van der Waals surface area contributed by atoms with Crippen LogP contribution in [0.1, 0.15) is 25.3 Å². The Labute approximate surface area is 115 Å². The topological polar surface area (TPSA) is 63.4 Å². The molecule has 1 heterocycles. The van der Waals surface area contributed by atoms with E-state index in [1.54, 1.807) is 4.31 Å². The zero-order valence-electron chi connectivity index (χ0n) is 11.5. The van der Waals surface area contributed by atoms with Crippen molar-refractivity contribution in [3.63, 3.8) is 0 Å². The highest BCUT2D eigenvalue weighted by Crippen LogP contribution is 2.23. The fourth-order valence-corrected chi connectivity index (χ4v) is 4.37. The SMILES string of the molecule is CC(CS(=O)(=O)N1CC(C)C(N)C1)c1ccccc1. The summed E-state index contributed by atoms with van der Waals surface area (Å²) in [6, 6.07) is 9.71. The quantitative estimate of drug-likeness (QED) is 0.908. The summed E-state index contributed by atoms with van der Waals surface area (Å²) in [5.74, 6) is 0.385. The van der Waals surface area contributed by atoms with Gasteiger partial charge in [0.2, 0.25) is 10.0 Å². The van der Waals surface area contributed by atoms with Crippen molar-refractivity contribution in [2.45, 2.75) is 25.8 Å². The standard InChI is InChI=1S/C14H22N2O2S/c1-11-8-16(9-14(11)15)19(17,18)10-12(2)13-6-4-3-5-7-13/h3-7,11-12,14H,8-10,15H2,1-2H3. The molecule has 1 aliphatic heterocycles. The number of rotatable bonds is 4. The number of nitrogens with two attached hydrogens (primary N) is 1. The predicted octanol–water partition coefficient (Wildman–Crippen LogP) is 1.40. The van der Waals surface area contributed by atoms with Crippen LogP contribution in [0.5, 0.6) is 0 Å². The molecular formula is C14H22N2O2S. The second-order valence-electron chi connectivity index (χ2n) is 5.55. The van der Waals surface area contributed by atoms with Crippen molar-refractivity contribution in [1.82, 2.24) is 4.31 Å². The van der Waals surface area contributed by atoms with Gasteiger partial charge in [-0.05, 0) is 17.4 Å². The predicted molar refractivity (Wildman–Crippen MR) is 77.4 cm³/mol. The lowest BCUT2D eigenvalue weighted by molar-refractivity contribution is 0.461. The molecule has 0 bridgehead atoms. The lowest BCUT2D eigenvalue weighted by Crippen LogP contribution is -2.34. The fourth-order valence-electron chi connectivity index (χ4n) is 2.47. The molecule has 3 unspecified atom stereocenters. The van der Waals surface area contributed by atoms with Crippen LogP contribution in [-0.4, -0.2) is 37.6 Å². The van der Waals surface area contributed by atoms with Gasteiger partial charge in [-0.15, -0.1) is 0 Å². The summed E-state index contributed by atoms with van der Waals surface area (Å²) in [7, 11) is -3.22. The van der Waals surface area contributed by atoms with Crippen LogP contribution in [0.3, 0.4) is 0 Å². The molecule has 1 aromatic rings. The summed E-state index contributed by atoms with van der Waals surface area (Å²) in [6.45, 7) is 4.95. The molecule has 1 fully saturated rings. The summed E-state index contributed by atoms with van der Waals surface area (Å²) in [5, 5.41) is 0. The third-order valence-corrected chi connectivity index (χ3v) is 5.87. The molecule has 1 aliphatic rings. The molecule has 2 N–H and O–H groups in total. The largest absolute Gasteiger partial charge is 0.326 e. The van der Waals surface area contributed by atoms with Crippen molar-refractivity contribution in [1.29, 1.82) is 0 Å². The average Bonchev–Trinajstić information content (AvgIpc) is 2.71. The highest BCUT2D eigenvalue weighted by Gasteiger charge is 2.35. The van der Waals surface area contributed by atoms with E-state index in [1.807, 2.05) is 44.2 Å². The summed E-state index contributed by atoms with van der Waals surface area (Å²) in [4.78, 5) is 0. The normalized spacial score (nSPS) is 26.5. The Morgan fingerprint density at radius 3 is 2.47 bits per heavy atom. The van der Waals surface area contributed by atoms with Crippen LogP contribution in [0, 0.1) is 5.92 Å². The summed E-state index contributed by atoms with van der Waals surface area (Å²) >= 11 is 0. The maximum Gasteiger partial charge on any atom is 0.214 e. The molecule has 1 aromatic carbocycles. The van der Waals surface area contributed by atoms with Crippen LogP contribution in [-0.2, 0) is 10.0 Å². The van der Waals surface area contributed by atoms with E-state index < -0.39 is 10.0 Å². The number of sulfonamides is 1. The monoisotopic (exact) mass is 282 g/mol. The Bertz CT molecular complexity index is 506. The Morgan fingerprint density at radius 2 is 1.95 bits per heavy atom. The van der Waals surface area contributed by atoms with Crippen LogP contribution >= 0.6 is 0 Å². The smallest absolute Gasteiger partial charge is 0.214 e. The number of hydrogen-bond acceptors (Lipinski definition) is 3. The van der Waals surface area contributed by atoms with E-state index in [9.17, 15) is 8.42 Å². The molecule has 0 aliphatic carbocycles. The van der Waals surface area contributed by atoms with Crippen molar-refractivity contribution in [2.24, 2.45) is 11.7 Å². The first-order chi connectivity index (χ1) is 8.90. The third-order valence-electron chi connectivity index (χ3n) is 3.86. The first-order valence-corrected chi connectivity index (χ1v) is 8.29. The summed E-state index contributed by atoms with van der Waals surface area (Å²) in [6.07, 6.45) is 0. The molecule has 4 nitrogen and oxygen atoms in total. The van der Waals surface area contributed by atoms with Crippen LogP contribution < -0.4 is 5.73 Å². The molecule has 0 radical (unpaired) electrons. The van der Waals surface area contributed by atoms with Gasteiger partial charge in [0, 0.05) is 19.1 Å². The zero-order chi connectivity index (χ0) is 14.0. The van der Waals surface area contributed by atoms with Gasteiger partial charge in [-0.1, -0.05) is 44.2 Å². The zero-order valence-corrected chi connectivity index (χ0v) is 12.3. The van der Waals surface area contributed by atoms with Crippen LogP contribution in [0.4, 0.5) is 0 Å². The van der Waals surface area contributed by atoms with Gasteiger partial charge < -0.3 is 5.73 Å². The average molecular weight is 282 g/mol. The summed E-state index contributed by atoms with van der Waals surface area (Å²) in [5.41, 5.74) is 6.96. The van der Waals surface area contributed by atoms with Gasteiger partial charge in [-0.25, -0.2) is 12.7 Å². The van der Waals surface area contributed by atoms with Crippen LogP contribution in [0.2, 0.25) is 0 Å². The Kier molecular flexibility index (Phi) is 4.28. The minimum atomic E-state index is -3.22. The first-order valence-electron chi connectivity index (χ1n) is 6.68. The molecule has 1 saturated heterocycles. The summed E-state index contributed by atoms with van der Waals surface area (Å²) < 4.78 is 26.3. The molecular weight excluding hydrogens is 260 g/mol. The second kappa shape index (κ2) is 5.61. The lowest BCUT2D eigenvalue weighted by atomic mass is 10.0. The van der Waals surface area contributed by atoms with Gasteiger partial charge in [0.15, 0.2) is 0 Å². The van der Waals surface area contributed by atoms with Crippen molar-refractivity contribution in [3.8, 4) is 0 Å². The molecule has 0 saturated carbocycles. The van der Waals surface area contributed by atoms with Gasteiger partial charge in [0.25, 0.3) is 0 Å². The number of nitrogens with zero attached hydrogens (tertiary/aromatic N) is 1. The Morgan fingerprint density at radius 1 is 1.32 bits per heavy atom. The van der Waals surface area contributed by atoms with E-state index in [-0.39, 0.29) is 23.6 Å². The van der Waals surface area contributed by atoms with Crippen LogP contribution in [0.25, 0.3) is 0 Å². The minimum absolute atomic E-state index is 0.00155. The van der Waals surface area contributed by atoms with Gasteiger partial charge in [0.05, 0.1) is 5.75 Å². The van der Waals surface area contributed by atoms with Gasteiger partial charge in [-0.3, -0.25) is 0 Å². The van der Waals surface area contributed by atoms with Gasteiger partial charge in [0.1, 0.15) is 0 Å². The molecule has 106 valence electrons. The van der Waals surface area contributed by atoms with Crippen molar-refractivity contribution >= 4 is 10.0 Å². The number of hydrogen-bond donors (Lipinski definition) is 1. The van der Waals surface area contributed by atoms with E-state index in [1.165, 1.54) is 0 Å². The highest BCUT2D eigenvalue weighted by molar-refractivity contribution is 7.89. The Hall–Kier alpha value is -0.910. The van der Waals surface area contributed by atoms with E-state index in [4.69, 9.17) is 5.73 Å². The molecule has 5 heteroatoms. The van der Waals surface area contributed by atoms with Gasteiger partial charge >= 0.3 is 0 Å². The first kappa shape index (κ1) is 14.5.